The van der Waals surface area contributed by atoms with E-state index in [1.807, 2.05) is 24.4 Å². The summed E-state index contributed by atoms with van der Waals surface area (Å²) in [5.74, 6) is 0.555. The van der Waals surface area contributed by atoms with Gasteiger partial charge in [-0.3, -0.25) is 9.78 Å². The Morgan fingerprint density at radius 3 is 2.90 bits per heavy atom. The van der Waals surface area contributed by atoms with Gasteiger partial charge in [0.25, 0.3) is 0 Å². The Morgan fingerprint density at radius 2 is 2.14 bits per heavy atom. The van der Waals surface area contributed by atoms with Gasteiger partial charge in [-0.15, -0.1) is 0 Å². The summed E-state index contributed by atoms with van der Waals surface area (Å²) in [7, 11) is 0. The molecule has 1 N–H and O–H groups in total. The quantitative estimate of drug-likeness (QED) is 0.913. The van der Waals surface area contributed by atoms with Gasteiger partial charge in [0.15, 0.2) is 0 Å². The van der Waals surface area contributed by atoms with E-state index in [4.69, 9.17) is 0 Å². The van der Waals surface area contributed by atoms with Gasteiger partial charge >= 0.3 is 0 Å². The molecule has 108 valence electrons. The maximum absolute atomic E-state index is 12.3. The summed E-state index contributed by atoms with van der Waals surface area (Å²) in [6.45, 7) is 2.96. The Hall–Kier alpha value is -2.16. The Bertz CT molecular complexity index is 634. The largest absolute Gasteiger partial charge is 0.384 e. The number of benzene rings is 1. The van der Waals surface area contributed by atoms with Crippen LogP contribution in [0.1, 0.15) is 36.1 Å². The highest BCUT2D eigenvalue weighted by atomic mass is 16.1. The lowest BCUT2D eigenvalue weighted by atomic mass is 9.94. The summed E-state index contributed by atoms with van der Waals surface area (Å²) in [5.41, 5.74) is 4.51. The standard InChI is InChI=1S/C18H20N2O/c1-2-13-7-8-15(19-11-13)10-16(21)9-14-12-20-18-6-4-3-5-17(14)18/h3-8,11,14,20H,2,9-10,12H2,1H3. The number of nitrogens with zero attached hydrogens (tertiary/aromatic N) is 1. The normalized spacial score (nSPS) is 16.3. The van der Waals surface area contributed by atoms with Crippen LogP contribution in [0.25, 0.3) is 0 Å². The Labute approximate surface area is 125 Å². The molecule has 0 fully saturated rings. The first kappa shape index (κ1) is 13.8. The van der Waals surface area contributed by atoms with Gasteiger partial charge in [-0.2, -0.15) is 0 Å². The zero-order chi connectivity index (χ0) is 14.7. The van der Waals surface area contributed by atoms with Gasteiger partial charge in [0.05, 0.1) is 0 Å². The highest BCUT2D eigenvalue weighted by molar-refractivity contribution is 5.82. The first-order chi connectivity index (χ1) is 10.3. The molecule has 1 aliphatic rings. The molecule has 2 aromatic rings. The van der Waals surface area contributed by atoms with Gasteiger partial charge in [0.1, 0.15) is 5.78 Å². The van der Waals surface area contributed by atoms with Crippen molar-refractivity contribution in [2.75, 3.05) is 11.9 Å². The number of aromatic nitrogens is 1. The van der Waals surface area contributed by atoms with Crippen molar-refractivity contribution >= 4 is 11.5 Å². The second-order valence-corrected chi connectivity index (χ2v) is 5.60. The third kappa shape index (κ3) is 3.13. The summed E-state index contributed by atoms with van der Waals surface area (Å²) in [5, 5.41) is 3.37. The molecule has 0 amide bonds. The first-order valence-corrected chi connectivity index (χ1v) is 7.54. The van der Waals surface area contributed by atoms with Crippen LogP contribution < -0.4 is 5.32 Å². The number of fused-ring (bicyclic) bond motifs is 1. The van der Waals surface area contributed by atoms with Crippen molar-refractivity contribution in [1.29, 1.82) is 0 Å². The molecule has 0 saturated heterocycles. The second kappa shape index (κ2) is 6.08. The van der Waals surface area contributed by atoms with E-state index >= 15 is 0 Å². The minimum atomic E-state index is 0.259. The van der Waals surface area contributed by atoms with Crippen LogP contribution in [0.3, 0.4) is 0 Å². The van der Waals surface area contributed by atoms with E-state index in [9.17, 15) is 4.79 Å². The number of nitrogens with one attached hydrogen (secondary N) is 1. The third-order valence-electron chi connectivity index (χ3n) is 4.09. The molecular weight excluding hydrogens is 260 g/mol. The fraction of sp³-hybridized carbons (Fsp3) is 0.333. The molecular formula is C18H20N2O. The van der Waals surface area contributed by atoms with E-state index in [0.29, 0.717) is 18.8 Å². The van der Waals surface area contributed by atoms with E-state index < -0.39 is 0 Å². The minimum Gasteiger partial charge on any atom is -0.384 e. The summed E-state index contributed by atoms with van der Waals surface area (Å²) in [6, 6.07) is 12.3. The number of Topliss-reactive ketones (excluding diaryl/α,β-unsaturated/α-hetero) is 1. The van der Waals surface area contributed by atoms with Crippen LogP contribution >= 0.6 is 0 Å². The molecule has 3 rings (SSSR count). The zero-order valence-electron chi connectivity index (χ0n) is 12.3. The molecule has 0 bridgehead atoms. The molecule has 0 radical (unpaired) electrons. The second-order valence-electron chi connectivity index (χ2n) is 5.60. The van der Waals surface area contributed by atoms with E-state index in [1.54, 1.807) is 0 Å². The van der Waals surface area contributed by atoms with Crippen molar-refractivity contribution in [2.45, 2.75) is 32.1 Å². The van der Waals surface area contributed by atoms with Crippen LogP contribution in [0, 0.1) is 0 Å². The molecule has 1 aromatic heterocycles. The molecule has 3 nitrogen and oxygen atoms in total. The van der Waals surface area contributed by atoms with Crippen molar-refractivity contribution in [3.8, 4) is 0 Å². The van der Waals surface area contributed by atoms with Crippen LogP contribution in [0.2, 0.25) is 0 Å². The maximum Gasteiger partial charge on any atom is 0.139 e. The Balaban J connectivity index is 1.62. The maximum atomic E-state index is 12.3. The molecule has 0 spiro atoms. The number of para-hydroxylation sites is 1. The Kier molecular flexibility index (Phi) is 4.00. The fourth-order valence-corrected chi connectivity index (χ4v) is 2.86. The molecule has 21 heavy (non-hydrogen) atoms. The van der Waals surface area contributed by atoms with Crippen LogP contribution in [0.15, 0.2) is 42.6 Å². The number of carbonyl (C=O) groups excluding carboxylic acids is 1. The van der Waals surface area contributed by atoms with Crippen LogP contribution in [0.4, 0.5) is 5.69 Å². The number of hydrogen-bond acceptors (Lipinski definition) is 3. The molecule has 1 aliphatic heterocycles. The SMILES string of the molecule is CCc1ccc(CC(=O)CC2CNc3ccccc32)nc1. The molecule has 0 saturated carbocycles. The molecule has 1 atom stereocenters. The van der Waals surface area contributed by atoms with Crippen LogP contribution in [-0.4, -0.2) is 17.3 Å². The van der Waals surface area contributed by atoms with E-state index in [-0.39, 0.29) is 5.78 Å². The molecule has 3 heteroatoms. The smallest absolute Gasteiger partial charge is 0.139 e. The van der Waals surface area contributed by atoms with Crippen LogP contribution in [-0.2, 0) is 17.6 Å². The average molecular weight is 280 g/mol. The number of ketones is 1. The van der Waals surface area contributed by atoms with Crippen molar-refractivity contribution in [3.05, 3.63) is 59.4 Å². The predicted octanol–water partition coefficient (Wildman–Crippen LogP) is 3.36. The summed E-state index contributed by atoms with van der Waals surface area (Å²) in [4.78, 5) is 16.6. The topological polar surface area (TPSA) is 42.0 Å². The van der Waals surface area contributed by atoms with Crippen molar-refractivity contribution in [1.82, 2.24) is 4.98 Å². The lowest BCUT2D eigenvalue weighted by Crippen LogP contribution is -2.12. The van der Waals surface area contributed by atoms with Crippen LogP contribution in [0.5, 0.6) is 0 Å². The van der Waals surface area contributed by atoms with Gasteiger partial charge < -0.3 is 5.32 Å². The van der Waals surface area contributed by atoms with E-state index in [2.05, 4.69) is 35.4 Å². The van der Waals surface area contributed by atoms with Crippen molar-refractivity contribution in [2.24, 2.45) is 0 Å². The minimum absolute atomic E-state index is 0.259. The Morgan fingerprint density at radius 1 is 1.29 bits per heavy atom. The highest BCUT2D eigenvalue weighted by Gasteiger charge is 2.23. The highest BCUT2D eigenvalue weighted by Crippen LogP contribution is 2.33. The number of hydrogen-bond donors (Lipinski definition) is 1. The zero-order valence-corrected chi connectivity index (χ0v) is 12.3. The molecule has 1 unspecified atom stereocenters. The predicted molar refractivity (Wildman–Crippen MR) is 84.6 cm³/mol. The molecule has 2 heterocycles. The number of carbonyl (C=O) groups is 1. The summed E-state index contributed by atoms with van der Waals surface area (Å²) >= 11 is 0. The van der Waals surface area contributed by atoms with Crippen molar-refractivity contribution in [3.63, 3.8) is 0 Å². The molecule has 1 aromatic carbocycles. The van der Waals surface area contributed by atoms with Gasteiger partial charge in [-0.25, -0.2) is 0 Å². The average Bonchev–Trinajstić information content (AvgIpc) is 2.91. The number of pyridine rings is 1. The van der Waals surface area contributed by atoms with E-state index in [1.165, 1.54) is 16.8 Å². The van der Waals surface area contributed by atoms with Crippen molar-refractivity contribution < 1.29 is 4.79 Å². The summed E-state index contributed by atoms with van der Waals surface area (Å²) < 4.78 is 0. The first-order valence-electron chi connectivity index (χ1n) is 7.54. The van der Waals surface area contributed by atoms with E-state index in [0.717, 1.165) is 18.7 Å². The summed E-state index contributed by atoms with van der Waals surface area (Å²) in [6.07, 6.45) is 3.87. The lowest BCUT2D eigenvalue weighted by molar-refractivity contribution is -0.118. The van der Waals surface area contributed by atoms with Gasteiger partial charge in [0.2, 0.25) is 0 Å². The lowest BCUT2D eigenvalue weighted by Gasteiger charge is -2.09. The van der Waals surface area contributed by atoms with Gasteiger partial charge in [-0.05, 0) is 29.7 Å². The van der Waals surface area contributed by atoms with Gasteiger partial charge in [0, 0.05) is 42.9 Å². The molecule has 0 aliphatic carbocycles. The number of anilines is 1. The monoisotopic (exact) mass is 280 g/mol. The fourth-order valence-electron chi connectivity index (χ4n) is 2.86. The van der Waals surface area contributed by atoms with Gasteiger partial charge in [-0.1, -0.05) is 31.2 Å². The number of aryl methyl sites for hydroxylation is 1. The number of rotatable bonds is 5. The third-order valence-corrected chi connectivity index (χ3v) is 4.09.